The van der Waals surface area contributed by atoms with Crippen molar-refractivity contribution in [3.8, 4) is 5.75 Å². The molecule has 12 nitrogen and oxygen atoms in total. The number of hydrogen-bond donors (Lipinski definition) is 2. The van der Waals surface area contributed by atoms with Crippen molar-refractivity contribution in [2.75, 3.05) is 6.54 Å². The molecule has 3 amide bonds. The van der Waals surface area contributed by atoms with Crippen LogP contribution in [0.1, 0.15) is 115 Å². The van der Waals surface area contributed by atoms with E-state index in [1.165, 1.54) is 29.8 Å². The Morgan fingerprint density at radius 3 is 1.84 bits per heavy atom. The second-order valence-corrected chi connectivity index (χ2v) is 18.5. The Morgan fingerprint density at radius 1 is 0.684 bits per heavy atom. The number of pyridine rings is 1. The van der Waals surface area contributed by atoms with Crippen LogP contribution in [0.4, 0.5) is 15.3 Å². The van der Waals surface area contributed by atoms with E-state index in [-0.39, 0.29) is 28.3 Å². The summed E-state index contributed by atoms with van der Waals surface area (Å²) in [6.45, 7) is 24.2. The molecule has 2 N–H and O–H groups in total. The molecule has 0 radical (unpaired) electrons. The van der Waals surface area contributed by atoms with Crippen molar-refractivity contribution in [3.63, 3.8) is 0 Å². The van der Waals surface area contributed by atoms with E-state index in [0.717, 1.165) is 12.0 Å². The number of benzene rings is 3. The Morgan fingerprint density at radius 2 is 1.28 bits per heavy atom. The minimum Gasteiger partial charge on any atom is -0.444 e. The fourth-order valence-electron chi connectivity index (χ4n) is 5.75. The second-order valence-electron chi connectivity index (χ2n) is 18.5. The summed E-state index contributed by atoms with van der Waals surface area (Å²) < 4.78 is 16.3. The van der Waals surface area contributed by atoms with Gasteiger partial charge in [-0.25, -0.2) is 24.4 Å². The van der Waals surface area contributed by atoms with E-state index < -0.39 is 29.4 Å². The standard InChI is InChI=1S/C45H57N5O7/c1-42(2,3)26-29-14-13-15-30(24-29)27-50(28-43(4,5)6)37(51)36-22-18-32-25-34(21-23-35(32)47-36)55-38(52)31-16-19-33(20-17-31)46-39(48-40(53)56-44(7,8)9)49-41(54)57-45(10,11)12/h13-25H,26-28H2,1-12H3,(H2,46,48,49,53,54). The summed E-state index contributed by atoms with van der Waals surface area (Å²) in [4.78, 5) is 62.9. The highest BCUT2D eigenvalue weighted by molar-refractivity contribution is 6.02. The molecule has 0 atom stereocenters. The van der Waals surface area contributed by atoms with Crippen LogP contribution in [0.3, 0.4) is 0 Å². The van der Waals surface area contributed by atoms with Gasteiger partial charge in [0.15, 0.2) is 0 Å². The van der Waals surface area contributed by atoms with Gasteiger partial charge in [0.05, 0.1) is 16.8 Å². The highest BCUT2D eigenvalue weighted by Crippen LogP contribution is 2.26. The van der Waals surface area contributed by atoms with Gasteiger partial charge >= 0.3 is 18.2 Å². The molecule has 0 saturated heterocycles. The summed E-state index contributed by atoms with van der Waals surface area (Å²) in [7, 11) is 0. The van der Waals surface area contributed by atoms with Crippen molar-refractivity contribution in [1.29, 1.82) is 0 Å². The van der Waals surface area contributed by atoms with Gasteiger partial charge in [-0.2, -0.15) is 0 Å². The number of fused-ring (bicyclic) bond motifs is 1. The Balaban J connectivity index is 1.48. The van der Waals surface area contributed by atoms with Gasteiger partial charge in [0.1, 0.15) is 22.6 Å². The van der Waals surface area contributed by atoms with E-state index in [9.17, 15) is 19.2 Å². The molecular formula is C45H57N5O7. The number of guanidine groups is 1. The van der Waals surface area contributed by atoms with E-state index in [0.29, 0.717) is 41.1 Å². The molecule has 304 valence electrons. The zero-order chi connectivity index (χ0) is 42.3. The average molecular weight is 780 g/mol. The first-order valence-electron chi connectivity index (χ1n) is 19.0. The third-order valence-corrected chi connectivity index (χ3v) is 7.72. The molecule has 0 aliphatic heterocycles. The lowest BCUT2D eigenvalue weighted by atomic mass is 9.87. The number of aliphatic imine (C=N–C) groups is 1. The summed E-state index contributed by atoms with van der Waals surface area (Å²) in [5.41, 5.74) is 2.19. The first-order valence-corrected chi connectivity index (χ1v) is 19.0. The topological polar surface area (TPSA) is 149 Å². The fourth-order valence-corrected chi connectivity index (χ4v) is 5.75. The van der Waals surface area contributed by atoms with E-state index in [4.69, 9.17) is 19.2 Å². The van der Waals surface area contributed by atoms with Crippen molar-refractivity contribution in [3.05, 3.63) is 101 Å². The molecule has 1 aromatic heterocycles. The number of carbonyl (C=O) groups is 4. The van der Waals surface area contributed by atoms with Crippen LogP contribution in [0.2, 0.25) is 0 Å². The van der Waals surface area contributed by atoms with Crippen molar-refractivity contribution in [2.45, 2.75) is 107 Å². The molecule has 3 aromatic carbocycles. The quantitative estimate of drug-likeness (QED) is 0.0777. The molecule has 0 fully saturated rings. The molecule has 12 heteroatoms. The maximum Gasteiger partial charge on any atom is 0.414 e. The van der Waals surface area contributed by atoms with Crippen LogP contribution in [0.25, 0.3) is 10.9 Å². The number of alkyl carbamates (subject to hydrolysis) is 2. The van der Waals surface area contributed by atoms with Gasteiger partial charge in [0.2, 0.25) is 5.96 Å². The smallest absolute Gasteiger partial charge is 0.414 e. The lowest BCUT2D eigenvalue weighted by Crippen LogP contribution is -2.47. The zero-order valence-electron chi connectivity index (χ0n) is 35.3. The predicted molar refractivity (Wildman–Crippen MR) is 223 cm³/mol. The highest BCUT2D eigenvalue weighted by Gasteiger charge is 2.25. The van der Waals surface area contributed by atoms with Gasteiger partial charge in [-0.15, -0.1) is 0 Å². The Bertz CT molecular complexity index is 2080. The number of carbonyl (C=O) groups excluding carboxylic acids is 4. The largest absolute Gasteiger partial charge is 0.444 e. The maximum absolute atomic E-state index is 14.0. The highest BCUT2D eigenvalue weighted by atomic mass is 16.6. The monoisotopic (exact) mass is 779 g/mol. The van der Waals surface area contributed by atoms with E-state index in [1.54, 1.807) is 71.9 Å². The number of nitrogens with one attached hydrogen (secondary N) is 2. The van der Waals surface area contributed by atoms with Gasteiger partial charge in [-0.3, -0.25) is 15.4 Å². The Labute approximate surface area is 336 Å². The fraction of sp³-hybridized carbons (Fsp3) is 0.422. The van der Waals surface area contributed by atoms with Crippen LogP contribution in [0, 0.1) is 10.8 Å². The molecule has 57 heavy (non-hydrogen) atoms. The van der Waals surface area contributed by atoms with E-state index in [2.05, 4.69) is 81.4 Å². The normalized spacial score (nSPS) is 12.0. The van der Waals surface area contributed by atoms with Gasteiger partial charge in [-0.05, 0) is 118 Å². The van der Waals surface area contributed by atoms with Crippen LogP contribution in [-0.2, 0) is 22.4 Å². The van der Waals surface area contributed by atoms with Gasteiger partial charge in [0.25, 0.3) is 5.91 Å². The van der Waals surface area contributed by atoms with E-state index >= 15 is 0 Å². The van der Waals surface area contributed by atoms with Gasteiger partial charge in [0, 0.05) is 18.5 Å². The number of amides is 3. The third kappa shape index (κ3) is 15.0. The van der Waals surface area contributed by atoms with Crippen LogP contribution in [0.15, 0.2) is 83.9 Å². The summed E-state index contributed by atoms with van der Waals surface area (Å²) >= 11 is 0. The number of nitrogens with zero attached hydrogens (tertiary/aromatic N) is 3. The molecular weight excluding hydrogens is 723 g/mol. The zero-order valence-corrected chi connectivity index (χ0v) is 35.3. The molecule has 0 unspecified atom stereocenters. The summed E-state index contributed by atoms with van der Waals surface area (Å²) in [5, 5.41) is 5.54. The maximum atomic E-state index is 14.0. The van der Waals surface area contributed by atoms with E-state index in [1.807, 2.05) is 4.90 Å². The number of rotatable bonds is 8. The number of esters is 1. The van der Waals surface area contributed by atoms with Crippen molar-refractivity contribution < 1.29 is 33.4 Å². The Kier molecular flexibility index (Phi) is 13.5. The molecule has 0 aliphatic carbocycles. The van der Waals surface area contributed by atoms with Crippen LogP contribution >= 0.6 is 0 Å². The Hall–Kier alpha value is -5.78. The minimum atomic E-state index is -0.832. The first kappa shape index (κ1) is 43.9. The molecule has 4 rings (SSSR count). The van der Waals surface area contributed by atoms with Gasteiger partial charge < -0.3 is 19.1 Å². The number of hydrogen-bond acceptors (Lipinski definition) is 9. The third-order valence-electron chi connectivity index (χ3n) is 7.72. The molecule has 1 heterocycles. The second kappa shape index (κ2) is 17.6. The lowest BCUT2D eigenvalue weighted by molar-refractivity contribution is 0.0543. The molecule has 0 saturated carbocycles. The predicted octanol–water partition coefficient (Wildman–Crippen LogP) is 9.77. The molecule has 0 spiro atoms. The van der Waals surface area contributed by atoms with Crippen molar-refractivity contribution in [1.82, 2.24) is 20.5 Å². The molecule has 4 aromatic rings. The first-order chi connectivity index (χ1) is 26.3. The van der Waals surface area contributed by atoms with Crippen LogP contribution < -0.4 is 15.4 Å². The molecule has 0 bridgehead atoms. The summed E-state index contributed by atoms with van der Waals surface area (Å²) in [5.74, 6) is -0.713. The van der Waals surface area contributed by atoms with Crippen molar-refractivity contribution >= 4 is 46.6 Å². The summed E-state index contributed by atoms with van der Waals surface area (Å²) in [6, 6.07) is 23.0. The number of aromatic nitrogens is 1. The van der Waals surface area contributed by atoms with Crippen molar-refractivity contribution in [2.24, 2.45) is 15.8 Å². The minimum absolute atomic E-state index is 0.136. The summed E-state index contributed by atoms with van der Waals surface area (Å²) in [6.07, 6.45) is -0.726. The van der Waals surface area contributed by atoms with Crippen LogP contribution in [0.5, 0.6) is 5.75 Å². The number of ether oxygens (including phenoxy) is 3. The average Bonchev–Trinajstić information content (AvgIpc) is 3.04. The van der Waals surface area contributed by atoms with Crippen LogP contribution in [-0.4, -0.2) is 57.7 Å². The lowest BCUT2D eigenvalue weighted by Gasteiger charge is -2.30. The van der Waals surface area contributed by atoms with Gasteiger partial charge in [-0.1, -0.05) is 71.9 Å². The SMILES string of the molecule is CC(C)(C)Cc1cccc(CN(CC(C)(C)C)C(=O)c2ccc3cc(OC(=O)c4ccc(N=C(NC(=O)OC(C)(C)C)NC(=O)OC(C)(C)C)cc4)ccc3n2)c1. The molecule has 0 aliphatic rings.